The summed E-state index contributed by atoms with van der Waals surface area (Å²) in [4.78, 5) is 2.54. The summed E-state index contributed by atoms with van der Waals surface area (Å²) in [6.07, 6.45) is -33.7. The van der Waals surface area contributed by atoms with Crippen LogP contribution in [0.25, 0.3) is 10.4 Å². The maximum absolute atomic E-state index is 10.5. The van der Waals surface area contributed by atoms with Crippen LogP contribution in [0.15, 0.2) is 5.11 Å². The molecule has 4 heterocycles. The fourth-order valence-electron chi connectivity index (χ4n) is 5.60. The highest BCUT2D eigenvalue weighted by atomic mass is 16.8. The van der Waals surface area contributed by atoms with Gasteiger partial charge in [0.1, 0.15) is 97.7 Å². The Hall–Kier alpha value is -1.53. The highest BCUT2D eigenvalue weighted by Crippen LogP contribution is 2.29. The first-order chi connectivity index (χ1) is 23.7. The van der Waals surface area contributed by atoms with Crippen molar-refractivity contribution in [1.82, 2.24) is 0 Å². The Bertz CT molecular complexity index is 1090. The largest absolute Gasteiger partial charge is 0.394 e. The molecule has 50 heavy (non-hydrogen) atoms. The van der Waals surface area contributed by atoms with Crippen molar-refractivity contribution in [1.29, 1.82) is 0 Å². The second-order valence-electron chi connectivity index (χ2n) is 12.1. The third-order valence-corrected chi connectivity index (χ3v) is 8.66. The Morgan fingerprint density at radius 2 is 0.740 bits per heavy atom. The minimum absolute atomic E-state index is 0.131. The van der Waals surface area contributed by atoms with Gasteiger partial charge in [-0.2, -0.15) is 0 Å². The summed E-state index contributed by atoms with van der Waals surface area (Å²) >= 11 is 0. The Labute approximate surface area is 282 Å². The molecule has 4 rings (SSSR count). The monoisotopic (exact) mass is 735 g/mol. The fraction of sp³-hybridized carbons (Fsp3) is 1.00. The molecule has 0 radical (unpaired) electrons. The summed E-state index contributed by atoms with van der Waals surface area (Å²) in [5, 5.41) is 136. The van der Waals surface area contributed by atoms with Gasteiger partial charge < -0.3 is 104 Å². The van der Waals surface area contributed by atoms with Crippen molar-refractivity contribution in [3.8, 4) is 0 Å². The van der Waals surface area contributed by atoms with Crippen molar-refractivity contribution >= 4 is 0 Å². The maximum atomic E-state index is 10.5. The summed E-state index contributed by atoms with van der Waals surface area (Å²) in [7, 11) is 0. The van der Waals surface area contributed by atoms with Crippen LogP contribution in [-0.4, -0.2) is 229 Å². The smallest absolute Gasteiger partial charge is 0.186 e. The van der Waals surface area contributed by atoms with Gasteiger partial charge in [-0.05, 0) is 5.53 Å². The van der Waals surface area contributed by atoms with Crippen molar-refractivity contribution in [2.75, 3.05) is 39.6 Å². The Kier molecular flexibility index (Phi) is 15.2. The fourth-order valence-corrected chi connectivity index (χ4v) is 5.60. The van der Waals surface area contributed by atoms with Crippen LogP contribution in [0.1, 0.15) is 0 Å². The molecule has 0 aromatic rings. The standard InChI is InChI=1S/C26H45N3O21/c27-29-28-1-2-43-23-19(39)16(36)12(32)8(48-23)4-45-25-21(41)18(38)14(34)10(50-25)6-46-26-22(42)17(37)13(33)9(49-26)5-44-24-20(40)15(35)11(31)7(3-30)47-24/h7-26,30-42H,1-6H2/t7-,8?,9?,10?,11-,12-,13-,14-,15+,16+,17+,18+,19-,20-,21-,22-,23-,24-,25-,26-/m1/s1. The van der Waals surface area contributed by atoms with Gasteiger partial charge in [-0.3, -0.25) is 0 Å². The van der Waals surface area contributed by atoms with Crippen molar-refractivity contribution in [3.05, 3.63) is 10.4 Å². The molecule has 4 fully saturated rings. The molecule has 4 aliphatic heterocycles. The third-order valence-electron chi connectivity index (χ3n) is 8.66. The van der Waals surface area contributed by atoms with Crippen LogP contribution in [0.4, 0.5) is 0 Å². The van der Waals surface area contributed by atoms with Crippen LogP contribution < -0.4 is 0 Å². The Morgan fingerprint density at radius 3 is 1.06 bits per heavy atom. The molecule has 0 bridgehead atoms. The molecule has 290 valence electrons. The normalized spacial score (nSPS) is 48.6. The van der Waals surface area contributed by atoms with E-state index in [1.54, 1.807) is 0 Å². The number of nitrogens with zero attached hydrogens (tertiary/aromatic N) is 3. The zero-order valence-corrected chi connectivity index (χ0v) is 26.2. The maximum Gasteiger partial charge on any atom is 0.186 e. The first-order valence-corrected chi connectivity index (χ1v) is 15.6. The van der Waals surface area contributed by atoms with Crippen LogP contribution in [0.5, 0.6) is 0 Å². The first-order valence-electron chi connectivity index (χ1n) is 15.6. The van der Waals surface area contributed by atoms with Crippen LogP contribution in [0, 0.1) is 0 Å². The number of azide groups is 1. The van der Waals surface area contributed by atoms with Gasteiger partial charge in [0, 0.05) is 11.5 Å². The quantitative estimate of drug-likeness (QED) is 0.0341. The molecule has 4 aliphatic rings. The van der Waals surface area contributed by atoms with Crippen LogP contribution in [0.2, 0.25) is 0 Å². The lowest BCUT2D eigenvalue weighted by molar-refractivity contribution is -0.347. The Morgan fingerprint density at radius 1 is 0.440 bits per heavy atom. The molecule has 0 aromatic heterocycles. The molecule has 24 heteroatoms. The molecular formula is C26H45N3O21. The number of rotatable bonds is 14. The number of hydrogen-bond acceptors (Lipinski definition) is 22. The molecule has 24 nitrogen and oxygen atoms in total. The zero-order chi connectivity index (χ0) is 36.9. The van der Waals surface area contributed by atoms with Gasteiger partial charge >= 0.3 is 0 Å². The summed E-state index contributed by atoms with van der Waals surface area (Å²) in [5.41, 5.74) is 8.37. The zero-order valence-electron chi connectivity index (χ0n) is 26.2. The van der Waals surface area contributed by atoms with Gasteiger partial charge in [0.05, 0.1) is 33.0 Å². The van der Waals surface area contributed by atoms with Gasteiger partial charge in [-0.15, -0.1) is 0 Å². The molecule has 3 unspecified atom stereocenters. The van der Waals surface area contributed by atoms with E-state index >= 15 is 0 Å². The molecule has 0 aliphatic carbocycles. The van der Waals surface area contributed by atoms with Crippen molar-refractivity contribution in [3.63, 3.8) is 0 Å². The predicted molar refractivity (Wildman–Crippen MR) is 152 cm³/mol. The predicted octanol–water partition coefficient (Wildman–Crippen LogP) is -8.41. The summed E-state index contributed by atoms with van der Waals surface area (Å²) < 4.78 is 43.3. The number of hydrogen-bond donors (Lipinski definition) is 13. The number of ether oxygens (including phenoxy) is 8. The molecule has 0 aromatic carbocycles. The van der Waals surface area contributed by atoms with Gasteiger partial charge in [0.15, 0.2) is 25.2 Å². The number of aliphatic hydroxyl groups is 13. The highest BCUT2D eigenvalue weighted by molar-refractivity contribution is 4.94. The minimum Gasteiger partial charge on any atom is -0.394 e. The molecule has 20 atom stereocenters. The van der Waals surface area contributed by atoms with Crippen molar-refractivity contribution in [2.24, 2.45) is 5.11 Å². The summed E-state index contributed by atoms with van der Waals surface area (Å²) in [6.45, 7) is -3.03. The van der Waals surface area contributed by atoms with E-state index < -0.39 is 149 Å². The van der Waals surface area contributed by atoms with Gasteiger partial charge in [0.2, 0.25) is 0 Å². The lowest BCUT2D eigenvalue weighted by atomic mass is 9.98. The van der Waals surface area contributed by atoms with E-state index in [1.165, 1.54) is 0 Å². The van der Waals surface area contributed by atoms with E-state index in [1.807, 2.05) is 0 Å². The topological polar surface area (TPSA) is 386 Å². The lowest BCUT2D eigenvalue weighted by Gasteiger charge is -2.44. The SMILES string of the molecule is [N-]=[N+]=NCCO[C@@H]1OC(CO[C@@H]2OC(CO[C@@H]3OC(CO[C@@H]4O[C@H](CO)[C@@H](O)[C@H](O)[C@H]4O)[C@@H](O)[C@H](O)[C@H]3O)[C@@H](O)[C@H](O)[C@H]2O)[C@@H](O)[C@H](O)[C@H]1O. The minimum atomic E-state index is -1.90. The van der Waals surface area contributed by atoms with Gasteiger partial charge in [-0.25, -0.2) is 0 Å². The molecule has 4 saturated heterocycles. The molecular weight excluding hydrogens is 690 g/mol. The van der Waals surface area contributed by atoms with Crippen molar-refractivity contribution in [2.45, 2.75) is 123 Å². The first kappa shape index (κ1) is 41.2. The van der Waals surface area contributed by atoms with Crippen LogP contribution in [-0.2, 0) is 37.9 Å². The van der Waals surface area contributed by atoms with E-state index in [9.17, 15) is 66.4 Å². The van der Waals surface area contributed by atoms with Crippen molar-refractivity contribution < 1.29 is 104 Å². The summed E-state index contributed by atoms with van der Waals surface area (Å²) in [6, 6.07) is 0. The van der Waals surface area contributed by atoms with E-state index in [-0.39, 0.29) is 13.2 Å². The second kappa shape index (κ2) is 18.5. The highest BCUT2D eigenvalue weighted by Gasteiger charge is 2.50. The second-order valence-corrected chi connectivity index (χ2v) is 12.1. The molecule has 0 saturated carbocycles. The van der Waals surface area contributed by atoms with E-state index in [4.69, 9.17) is 43.4 Å². The third kappa shape index (κ3) is 9.33. The van der Waals surface area contributed by atoms with Crippen LogP contribution in [0.3, 0.4) is 0 Å². The van der Waals surface area contributed by atoms with E-state index in [0.29, 0.717) is 0 Å². The molecule has 0 spiro atoms. The lowest BCUT2D eigenvalue weighted by Crippen LogP contribution is -2.63. The average Bonchev–Trinajstić information content (AvgIpc) is 3.11. The molecule has 0 amide bonds. The van der Waals surface area contributed by atoms with E-state index in [0.717, 1.165) is 0 Å². The van der Waals surface area contributed by atoms with Gasteiger partial charge in [-0.1, -0.05) is 5.11 Å². The van der Waals surface area contributed by atoms with E-state index in [2.05, 4.69) is 10.0 Å². The summed E-state index contributed by atoms with van der Waals surface area (Å²) in [5.74, 6) is 0. The molecule has 13 N–H and O–H groups in total. The number of aliphatic hydroxyl groups excluding tert-OH is 13. The average molecular weight is 736 g/mol. The van der Waals surface area contributed by atoms with Crippen LogP contribution >= 0.6 is 0 Å². The van der Waals surface area contributed by atoms with Gasteiger partial charge in [0.25, 0.3) is 0 Å². The Balaban J connectivity index is 1.33.